The molecule has 4 rings (SSSR count). The molecular weight excluding hydrogens is 338 g/mol. The average molecular weight is 355 g/mol. The molecule has 0 bridgehead atoms. The molecule has 26 heavy (non-hydrogen) atoms. The van der Waals surface area contributed by atoms with Gasteiger partial charge < -0.3 is 9.15 Å². The summed E-state index contributed by atoms with van der Waals surface area (Å²) in [6.07, 6.45) is 3.80. The summed E-state index contributed by atoms with van der Waals surface area (Å²) in [6, 6.07) is 3.60. The van der Waals surface area contributed by atoms with Crippen molar-refractivity contribution in [2.24, 2.45) is 0 Å². The number of rotatable bonds is 4. The van der Waals surface area contributed by atoms with Crippen LogP contribution in [0.1, 0.15) is 34.0 Å². The number of ketones is 1. The van der Waals surface area contributed by atoms with Crippen LogP contribution >= 0.6 is 0 Å². The lowest BCUT2D eigenvalue weighted by molar-refractivity contribution is 0.0960. The van der Waals surface area contributed by atoms with Crippen LogP contribution in [0.5, 0.6) is 0 Å². The molecule has 3 heterocycles. The summed E-state index contributed by atoms with van der Waals surface area (Å²) in [5.41, 5.74) is 0.234. The summed E-state index contributed by atoms with van der Waals surface area (Å²) in [5.74, 6) is 0.476. The van der Waals surface area contributed by atoms with Gasteiger partial charge in [0.05, 0.1) is 24.8 Å². The first-order valence-electron chi connectivity index (χ1n) is 8.30. The minimum atomic E-state index is -0.545. The number of H-pyrrole nitrogens is 1. The number of carbonyl (C=O) groups is 1. The second-order valence-electron chi connectivity index (χ2n) is 6.30. The van der Waals surface area contributed by atoms with Gasteiger partial charge in [-0.25, -0.2) is 9.78 Å². The lowest BCUT2D eigenvalue weighted by Gasteiger charge is -2.23. The molecule has 0 amide bonds. The van der Waals surface area contributed by atoms with Gasteiger partial charge >= 0.3 is 5.69 Å². The number of pyridine rings is 1. The van der Waals surface area contributed by atoms with Crippen molar-refractivity contribution in [1.29, 1.82) is 0 Å². The van der Waals surface area contributed by atoms with Crippen molar-refractivity contribution in [2.75, 3.05) is 13.7 Å². The van der Waals surface area contributed by atoms with Crippen LogP contribution in [0.4, 0.5) is 0 Å². The fourth-order valence-corrected chi connectivity index (χ4v) is 3.52. The number of carbonyl (C=O) groups excluding carboxylic acids is 1. The van der Waals surface area contributed by atoms with Crippen molar-refractivity contribution >= 4 is 16.8 Å². The van der Waals surface area contributed by atoms with Crippen molar-refractivity contribution in [1.82, 2.24) is 14.5 Å². The van der Waals surface area contributed by atoms with Gasteiger partial charge in [-0.15, -0.1) is 0 Å². The molecule has 0 aromatic carbocycles. The van der Waals surface area contributed by atoms with Gasteiger partial charge in [0.15, 0.2) is 5.78 Å². The summed E-state index contributed by atoms with van der Waals surface area (Å²) < 4.78 is 11.8. The van der Waals surface area contributed by atoms with E-state index >= 15 is 0 Å². The molecule has 1 N–H and O–H groups in total. The highest BCUT2D eigenvalue weighted by Gasteiger charge is 2.31. The van der Waals surface area contributed by atoms with Gasteiger partial charge in [0.1, 0.15) is 11.4 Å². The Morgan fingerprint density at radius 3 is 2.92 bits per heavy atom. The van der Waals surface area contributed by atoms with Crippen molar-refractivity contribution in [2.45, 2.75) is 25.3 Å². The normalized spacial score (nSPS) is 16.8. The summed E-state index contributed by atoms with van der Waals surface area (Å²) in [6.45, 7) is 0.553. The quantitative estimate of drug-likeness (QED) is 0.754. The molecule has 1 atom stereocenters. The fraction of sp³-hybridized carbons (Fsp3) is 0.333. The molecule has 0 spiro atoms. The molecule has 0 radical (unpaired) electrons. The van der Waals surface area contributed by atoms with E-state index in [9.17, 15) is 14.4 Å². The van der Waals surface area contributed by atoms with Crippen LogP contribution in [0.15, 0.2) is 38.6 Å². The van der Waals surface area contributed by atoms with E-state index in [1.54, 1.807) is 12.3 Å². The molecule has 8 nitrogen and oxygen atoms in total. The van der Waals surface area contributed by atoms with Crippen LogP contribution in [0.25, 0.3) is 11.0 Å². The molecule has 3 aromatic rings. The zero-order chi connectivity index (χ0) is 18.3. The largest absolute Gasteiger partial charge is 0.469 e. The molecule has 1 aliphatic rings. The highest BCUT2D eigenvalue weighted by atomic mass is 16.5. The smallest absolute Gasteiger partial charge is 0.330 e. The van der Waals surface area contributed by atoms with Crippen LogP contribution in [-0.4, -0.2) is 34.0 Å². The summed E-state index contributed by atoms with van der Waals surface area (Å²) in [4.78, 5) is 43.9. The first-order valence-corrected chi connectivity index (χ1v) is 8.30. The number of Topliss-reactive ketones (excluding diaryl/α,β-unsaturated/α-hetero) is 1. The first kappa shape index (κ1) is 16.5. The number of nitrogens with one attached hydrogen (secondary N) is 1. The maximum Gasteiger partial charge on any atom is 0.330 e. The Morgan fingerprint density at radius 1 is 1.35 bits per heavy atom. The van der Waals surface area contributed by atoms with Gasteiger partial charge in [-0.2, -0.15) is 0 Å². The number of hydrogen-bond acceptors (Lipinski definition) is 6. The van der Waals surface area contributed by atoms with Crippen molar-refractivity contribution in [3.8, 4) is 0 Å². The molecule has 0 saturated carbocycles. The minimum Gasteiger partial charge on any atom is -0.469 e. The number of hydrogen-bond donors (Lipinski definition) is 1. The first-order chi connectivity index (χ1) is 12.6. The Bertz CT molecular complexity index is 1090. The zero-order valence-corrected chi connectivity index (χ0v) is 14.2. The lowest BCUT2D eigenvalue weighted by Crippen LogP contribution is -2.33. The monoisotopic (exact) mass is 355 g/mol. The number of nitrogens with zero attached hydrogens (tertiary/aromatic N) is 2. The van der Waals surface area contributed by atoms with Crippen LogP contribution in [-0.2, 0) is 17.7 Å². The Hall–Kier alpha value is -3.00. The molecule has 0 fully saturated rings. The van der Waals surface area contributed by atoms with Gasteiger partial charge in [-0.3, -0.25) is 19.1 Å². The van der Waals surface area contributed by atoms with Crippen molar-refractivity contribution in [3.63, 3.8) is 0 Å². The summed E-state index contributed by atoms with van der Waals surface area (Å²) >= 11 is 0. The predicted molar refractivity (Wildman–Crippen MR) is 92.6 cm³/mol. The number of methoxy groups -OCH3 is 1. The zero-order valence-electron chi connectivity index (χ0n) is 14.2. The number of furan rings is 1. The van der Waals surface area contributed by atoms with Crippen molar-refractivity contribution < 1.29 is 13.9 Å². The predicted octanol–water partition coefficient (Wildman–Crippen LogP) is 1.24. The van der Waals surface area contributed by atoms with E-state index in [2.05, 4.69) is 9.97 Å². The third-order valence-corrected chi connectivity index (χ3v) is 4.76. The third-order valence-electron chi connectivity index (χ3n) is 4.76. The molecule has 1 unspecified atom stereocenters. The lowest BCUT2D eigenvalue weighted by atomic mass is 9.81. The van der Waals surface area contributed by atoms with Gasteiger partial charge in [-0.05, 0) is 24.1 Å². The van der Waals surface area contributed by atoms with E-state index in [0.29, 0.717) is 36.3 Å². The molecule has 8 heteroatoms. The van der Waals surface area contributed by atoms with Gasteiger partial charge in [0.2, 0.25) is 0 Å². The fourth-order valence-electron chi connectivity index (χ4n) is 3.52. The van der Waals surface area contributed by atoms with Gasteiger partial charge in [-0.1, -0.05) is 0 Å². The summed E-state index contributed by atoms with van der Waals surface area (Å²) in [5, 5.41) is 0.280. The van der Waals surface area contributed by atoms with Crippen LogP contribution in [0, 0.1) is 0 Å². The molecule has 3 aromatic heterocycles. The van der Waals surface area contributed by atoms with Gasteiger partial charge in [0.25, 0.3) is 5.56 Å². The number of fused-ring (bicyclic) bond motifs is 3. The Balaban J connectivity index is 1.94. The average Bonchev–Trinajstić information content (AvgIpc) is 3.15. The Morgan fingerprint density at radius 2 is 2.19 bits per heavy atom. The van der Waals surface area contributed by atoms with E-state index in [1.807, 2.05) is 6.07 Å². The topological polar surface area (TPSA) is 107 Å². The molecule has 0 saturated heterocycles. The Labute approximate surface area is 147 Å². The molecule has 1 aliphatic carbocycles. The van der Waals surface area contributed by atoms with Crippen LogP contribution in [0.3, 0.4) is 0 Å². The second kappa shape index (κ2) is 6.38. The minimum absolute atomic E-state index is 0.0870. The van der Waals surface area contributed by atoms with Crippen LogP contribution < -0.4 is 11.2 Å². The Kier molecular flexibility index (Phi) is 4.04. The SMILES string of the molecule is COCCn1c(=O)[nH]c(=O)c2c3c(cnc21)C(=O)CC(c1ccco1)C3. The van der Waals surface area contributed by atoms with E-state index in [4.69, 9.17) is 9.15 Å². The highest BCUT2D eigenvalue weighted by molar-refractivity contribution is 6.02. The van der Waals surface area contributed by atoms with E-state index in [-0.39, 0.29) is 29.3 Å². The maximum absolute atomic E-state index is 12.6. The maximum atomic E-state index is 12.6. The number of ether oxygens (including phenoxy) is 1. The van der Waals surface area contributed by atoms with Gasteiger partial charge in [0, 0.05) is 31.2 Å². The standard InChI is InChI=1S/C18H17N3O5/c1-25-6-4-21-16-15(17(23)20-18(21)24)11-7-10(14-3-2-5-26-14)8-13(22)12(11)9-19-16/h2-3,5,9-10H,4,6-8H2,1H3,(H,20,23,24). The van der Waals surface area contributed by atoms with E-state index in [1.165, 1.54) is 17.9 Å². The summed E-state index contributed by atoms with van der Waals surface area (Å²) in [7, 11) is 1.53. The number of aromatic amines is 1. The van der Waals surface area contributed by atoms with Crippen LogP contribution in [0.2, 0.25) is 0 Å². The molecule has 134 valence electrons. The highest BCUT2D eigenvalue weighted by Crippen LogP contribution is 2.34. The van der Waals surface area contributed by atoms with E-state index in [0.717, 1.165) is 0 Å². The van der Waals surface area contributed by atoms with E-state index < -0.39 is 11.2 Å². The molecular formula is C18H17N3O5. The second-order valence-corrected chi connectivity index (χ2v) is 6.30. The molecule has 0 aliphatic heterocycles. The third kappa shape index (κ3) is 2.59. The number of aromatic nitrogens is 3. The van der Waals surface area contributed by atoms with Crippen molar-refractivity contribution in [3.05, 3.63) is 62.3 Å².